The van der Waals surface area contributed by atoms with Gasteiger partial charge in [-0.3, -0.25) is 0 Å². The highest BCUT2D eigenvalue weighted by molar-refractivity contribution is 5.13. The van der Waals surface area contributed by atoms with Gasteiger partial charge in [0.05, 0.1) is 6.04 Å². The molecule has 1 aliphatic heterocycles. The molecule has 23 heavy (non-hydrogen) atoms. The van der Waals surface area contributed by atoms with Crippen LogP contribution in [0.25, 0.3) is 0 Å². The summed E-state index contributed by atoms with van der Waals surface area (Å²) in [6.45, 7) is 6.85. The van der Waals surface area contributed by atoms with E-state index in [4.69, 9.17) is 0 Å². The van der Waals surface area contributed by atoms with Gasteiger partial charge in [-0.15, -0.1) is 0 Å². The highest BCUT2D eigenvalue weighted by Crippen LogP contribution is 2.52. The molecule has 2 nitrogen and oxygen atoms in total. The Hall–Kier alpha value is -0.860. The van der Waals surface area contributed by atoms with Crippen molar-refractivity contribution in [3.05, 3.63) is 35.9 Å². The van der Waals surface area contributed by atoms with Crippen LogP contribution in [0.3, 0.4) is 0 Å². The zero-order chi connectivity index (χ0) is 15.2. The summed E-state index contributed by atoms with van der Waals surface area (Å²) in [6.07, 6.45) is 7.93. The van der Waals surface area contributed by atoms with Crippen LogP contribution in [-0.2, 0) is 6.54 Å². The van der Waals surface area contributed by atoms with Crippen LogP contribution in [0.4, 0.5) is 0 Å². The molecule has 5 aliphatic rings. The first kappa shape index (κ1) is 14.5. The molecule has 1 saturated heterocycles. The number of hydrogen-bond acceptors (Lipinski definition) is 0. The van der Waals surface area contributed by atoms with E-state index in [0.717, 1.165) is 29.7 Å². The van der Waals surface area contributed by atoms with Crippen molar-refractivity contribution in [1.29, 1.82) is 0 Å². The van der Waals surface area contributed by atoms with E-state index < -0.39 is 0 Å². The van der Waals surface area contributed by atoms with Crippen molar-refractivity contribution in [2.24, 2.45) is 23.7 Å². The molecule has 4 aliphatic carbocycles. The second kappa shape index (κ2) is 5.89. The van der Waals surface area contributed by atoms with Crippen LogP contribution in [0.5, 0.6) is 0 Å². The topological polar surface area (TPSA) is 8.88 Å². The lowest BCUT2D eigenvalue weighted by Gasteiger charge is -2.55. The average Bonchev–Trinajstić information content (AvgIpc) is 2.56. The van der Waals surface area contributed by atoms with Crippen molar-refractivity contribution in [3.8, 4) is 0 Å². The van der Waals surface area contributed by atoms with Gasteiger partial charge in [-0.1, -0.05) is 30.3 Å². The first-order valence-corrected chi connectivity index (χ1v) is 10.1. The Morgan fingerprint density at radius 1 is 0.739 bits per heavy atom. The third-order valence-electron chi connectivity index (χ3n) is 7.59. The molecule has 2 N–H and O–H groups in total. The lowest BCUT2D eigenvalue weighted by molar-refractivity contribution is -1.03. The summed E-state index contributed by atoms with van der Waals surface area (Å²) >= 11 is 0. The van der Waals surface area contributed by atoms with E-state index in [9.17, 15) is 0 Å². The minimum atomic E-state index is 1.04. The summed E-state index contributed by atoms with van der Waals surface area (Å²) in [7, 11) is 0. The fourth-order valence-corrected chi connectivity index (χ4v) is 6.91. The molecule has 1 aromatic carbocycles. The maximum atomic E-state index is 2.30. The molecule has 0 radical (unpaired) electrons. The molecule has 5 fully saturated rings. The molecular formula is C21H32N2+2. The van der Waals surface area contributed by atoms with Gasteiger partial charge < -0.3 is 9.80 Å². The van der Waals surface area contributed by atoms with E-state index in [1.807, 2.05) is 9.80 Å². The van der Waals surface area contributed by atoms with Crippen molar-refractivity contribution in [2.45, 2.75) is 44.7 Å². The van der Waals surface area contributed by atoms with Gasteiger partial charge in [0.1, 0.15) is 32.7 Å². The molecule has 0 spiro atoms. The Bertz CT molecular complexity index is 504. The minimum absolute atomic E-state index is 1.04. The van der Waals surface area contributed by atoms with Gasteiger partial charge >= 0.3 is 0 Å². The molecule has 0 aromatic heterocycles. The van der Waals surface area contributed by atoms with Gasteiger partial charge in [0.2, 0.25) is 0 Å². The van der Waals surface area contributed by atoms with Crippen LogP contribution >= 0.6 is 0 Å². The van der Waals surface area contributed by atoms with Crippen LogP contribution < -0.4 is 9.80 Å². The second-order valence-corrected chi connectivity index (χ2v) is 9.03. The van der Waals surface area contributed by atoms with E-state index in [-0.39, 0.29) is 0 Å². The Morgan fingerprint density at radius 2 is 1.35 bits per heavy atom. The fraction of sp³-hybridized carbons (Fsp3) is 0.714. The first-order valence-electron chi connectivity index (χ1n) is 10.1. The lowest BCUT2D eigenvalue weighted by atomic mass is 9.54. The van der Waals surface area contributed by atoms with E-state index in [1.54, 1.807) is 32.1 Å². The molecule has 1 aromatic rings. The Kier molecular flexibility index (Phi) is 3.71. The number of nitrogens with one attached hydrogen (secondary N) is 2. The second-order valence-electron chi connectivity index (χ2n) is 9.03. The van der Waals surface area contributed by atoms with E-state index in [1.165, 1.54) is 38.3 Å². The molecule has 0 unspecified atom stereocenters. The summed E-state index contributed by atoms with van der Waals surface area (Å²) in [4.78, 5) is 3.80. The highest BCUT2D eigenvalue weighted by Gasteiger charge is 2.52. The quantitative estimate of drug-likeness (QED) is 0.817. The molecule has 0 atom stereocenters. The van der Waals surface area contributed by atoms with E-state index in [0.29, 0.717) is 0 Å². The van der Waals surface area contributed by atoms with Crippen LogP contribution in [0.15, 0.2) is 30.3 Å². The lowest BCUT2D eigenvalue weighted by Crippen LogP contribution is -3.30. The number of quaternary nitrogens is 2. The van der Waals surface area contributed by atoms with Crippen LogP contribution in [0.1, 0.15) is 37.7 Å². The molecular weight excluding hydrogens is 280 g/mol. The average molecular weight is 313 g/mol. The summed E-state index contributed by atoms with van der Waals surface area (Å²) in [6, 6.07) is 12.1. The largest absolute Gasteiger partial charge is 0.323 e. The number of piperazine rings is 1. The summed E-state index contributed by atoms with van der Waals surface area (Å²) in [5, 5.41) is 0. The molecule has 4 saturated carbocycles. The molecule has 0 amide bonds. The predicted octanol–water partition coefficient (Wildman–Crippen LogP) is 0.795. The van der Waals surface area contributed by atoms with Crippen LogP contribution in [-0.4, -0.2) is 32.2 Å². The SMILES string of the molecule is c1ccc(C[NH+]2CC[NH+](C3C4CC5CC(C4)CC3C5)CC2)cc1. The van der Waals surface area contributed by atoms with Gasteiger partial charge in [0, 0.05) is 17.4 Å². The summed E-state index contributed by atoms with van der Waals surface area (Å²) in [5.74, 6) is 4.44. The van der Waals surface area contributed by atoms with Crippen molar-refractivity contribution < 1.29 is 9.80 Å². The third kappa shape index (κ3) is 2.74. The fourth-order valence-electron chi connectivity index (χ4n) is 6.91. The van der Waals surface area contributed by atoms with Gasteiger partial charge in [0.15, 0.2) is 0 Å². The standard InChI is InChI=1S/C21H30N2/c1-2-4-16(5-3-1)15-22-6-8-23(9-7-22)21-19-11-17-10-18(13-19)14-20(21)12-17/h1-5,17-21H,6-15H2/p+2. The van der Waals surface area contributed by atoms with Crippen LogP contribution in [0, 0.1) is 23.7 Å². The summed E-state index contributed by atoms with van der Waals surface area (Å²) in [5.41, 5.74) is 1.51. The van der Waals surface area contributed by atoms with Crippen molar-refractivity contribution in [1.82, 2.24) is 0 Å². The molecule has 2 heteroatoms. The maximum absolute atomic E-state index is 2.30. The zero-order valence-electron chi connectivity index (χ0n) is 14.3. The van der Waals surface area contributed by atoms with Crippen molar-refractivity contribution in [3.63, 3.8) is 0 Å². The van der Waals surface area contributed by atoms with Gasteiger partial charge in [-0.25, -0.2) is 0 Å². The molecule has 124 valence electrons. The Labute approximate surface area is 140 Å². The van der Waals surface area contributed by atoms with Gasteiger partial charge in [0.25, 0.3) is 0 Å². The van der Waals surface area contributed by atoms with Gasteiger partial charge in [-0.05, 0) is 43.9 Å². The first-order chi connectivity index (χ1) is 11.3. The maximum Gasteiger partial charge on any atom is 0.127 e. The van der Waals surface area contributed by atoms with E-state index in [2.05, 4.69) is 30.3 Å². The zero-order valence-corrected chi connectivity index (χ0v) is 14.3. The van der Waals surface area contributed by atoms with Crippen LogP contribution in [0.2, 0.25) is 0 Å². The van der Waals surface area contributed by atoms with Gasteiger partial charge in [-0.2, -0.15) is 0 Å². The van der Waals surface area contributed by atoms with Crippen molar-refractivity contribution >= 4 is 0 Å². The van der Waals surface area contributed by atoms with E-state index >= 15 is 0 Å². The number of rotatable bonds is 3. The van der Waals surface area contributed by atoms with Crippen molar-refractivity contribution in [2.75, 3.05) is 26.2 Å². The Balaban J connectivity index is 1.20. The number of hydrogen-bond donors (Lipinski definition) is 2. The monoisotopic (exact) mass is 312 g/mol. The molecule has 6 rings (SSSR count). The normalized spacial score (nSPS) is 45.3. The molecule has 1 heterocycles. The molecule has 4 bridgehead atoms. The highest BCUT2D eigenvalue weighted by atomic mass is 15.3. The minimum Gasteiger partial charge on any atom is -0.323 e. The number of benzene rings is 1. The smallest absolute Gasteiger partial charge is 0.127 e. The third-order valence-corrected chi connectivity index (χ3v) is 7.59. The summed E-state index contributed by atoms with van der Waals surface area (Å²) < 4.78 is 0. The predicted molar refractivity (Wildman–Crippen MR) is 92.4 cm³/mol. The Morgan fingerprint density at radius 3 is 1.96 bits per heavy atom.